The summed E-state index contributed by atoms with van der Waals surface area (Å²) in [5.41, 5.74) is 0.405. The molecule has 0 aliphatic carbocycles. The number of likely N-dealkylation sites (tertiary alicyclic amines) is 1. The topological polar surface area (TPSA) is 95.6 Å². The maximum atomic E-state index is 12.9. The Hall–Kier alpha value is -2.14. The lowest BCUT2D eigenvalue weighted by molar-refractivity contribution is -0.188. The van der Waals surface area contributed by atoms with Gasteiger partial charge in [-0.25, -0.2) is 8.42 Å². The molecule has 11 heteroatoms. The van der Waals surface area contributed by atoms with Crippen LogP contribution in [0.25, 0.3) is 0 Å². The largest absolute Gasteiger partial charge is 0.393 e. The van der Waals surface area contributed by atoms with Crippen LogP contribution in [0.3, 0.4) is 0 Å². The molecule has 1 aliphatic heterocycles. The highest BCUT2D eigenvalue weighted by Gasteiger charge is 2.43. The first-order valence-electron chi connectivity index (χ1n) is 8.65. The molecule has 1 aromatic rings. The van der Waals surface area contributed by atoms with Gasteiger partial charge in [-0.05, 0) is 44.0 Å². The molecule has 1 heterocycles. The van der Waals surface area contributed by atoms with Crippen molar-refractivity contribution in [2.45, 2.75) is 43.8 Å². The fourth-order valence-corrected chi connectivity index (χ4v) is 4.19. The minimum Gasteiger partial charge on any atom is -0.341 e. The molecule has 1 saturated heterocycles. The van der Waals surface area contributed by atoms with Crippen molar-refractivity contribution in [1.29, 1.82) is 0 Å². The van der Waals surface area contributed by atoms with E-state index in [4.69, 9.17) is 0 Å². The van der Waals surface area contributed by atoms with Crippen molar-refractivity contribution in [2.75, 3.05) is 18.4 Å². The monoisotopic (exact) mass is 421 g/mol. The lowest BCUT2D eigenvalue weighted by Crippen LogP contribution is -2.51. The van der Waals surface area contributed by atoms with E-state index in [0.717, 1.165) is 4.90 Å². The Morgan fingerprint density at radius 3 is 2.36 bits per heavy atom. The van der Waals surface area contributed by atoms with Crippen LogP contribution in [0, 0.1) is 5.92 Å². The second kappa shape index (κ2) is 8.48. The van der Waals surface area contributed by atoms with Crippen molar-refractivity contribution >= 4 is 27.5 Å². The van der Waals surface area contributed by atoms with E-state index in [1.54, 1.807) is 0 Å². The van der Waals surface area contributed by atoms with Crippen LogP contribution in [0.2, 0.25) is 0 Å². The van der Waals surface area contributed by atoms with Gasteiger partial charge in [-0.15, -0.1) is 0 Å². The Bertz CT molecular complexity index is 825. The first-order chi connectivity index (χ1) is 12.9. The van der Waals surface area contributed by atoms with Gasteiger partial charge in [-0.3, -0.25) is 9.59 Å². The number of rotatable bonds is 5. The molecule has 1 aromatic carbocycles. The number of sulfonamides is 1. The third-order valence-corrected chi connectivity index (χ3v) is 5.94. The van der Waals surface area contributed by atoms with Crippen LogP contribution in [0.4, 0.5) is 18.9 Å². The fraction of sp³-hybridized carbons (Fsp3) is 0.529. The number of benzene rings is 1. The van der Waals surface area contributed by atoms with Gasteiger partial charge in [0.15, 0.2) is 0 Å². The molecule has 2 N–H and O–H groups in total. The number of nitrogens with zero attached hydrogens (tertiary/aromatic N) is 1. The zero-order valence-corrected chi connectivity index (χ0v) is 16.2. The SMILES string of the molecule is CC(=O)Nc1ccc(S(=O)(=O)NC(C)C(=O)N2CCCC(C(F)(F)F)C2)cc1. The number of carbonyl (C=O) groups is 2. The molecule has 2 atom stereocenters. The lowest BCUT2D eigenvalue weighted by atomic mass is 9.97. The van der Waals surface area contributed by atoms with E-state index in [0.29, 0.717) is 5.69 Å². The number of halogens is 3. The predicted octanol–water partition coefficient (Wildman–Crippen LogP) is 2.11. The van der Waals surface area contributed by atoms with Crippen LogP contribution in [0.15, 0.2) is 29.2 Å². The first kappa shape index (κ1) is 22.2. The summed E-state index contributed by atoms with van der Waals surface area (Å²) in [5.74, 6) is -2.62. The van der Waals surface area contributed by atoms with Crippen molar-refractivity contribution < 1.29 is 31.2 Å². The average molecular weight is 421 g/mol. The summed E-state index contributed by atoms with van der Waals surface area (Å²) in [7, 11) is -4.06. The van der Waals surface area contributed by atoms with E-state index >= 15 is 0 Å². The quantitative estimate of drug-likeness (QED) is 0.761. The fourth-order valence-electron chi connectivity index (χ4n) is 2.99. The summed E-state index contributed by atoms with van der Waals surface area (Å²) in [6, 6.07) is 4.07. The van der Waals surface area contributed by atoms with E-state index in [1.807, 2.05) is 0 Å². The Morgan fingerprint density at radius 2 is 1.82 bits per heavy atom. The predicted molar refractivity (Wildman–Crippen MR) is 95.9 cm³/mol. The van der Waals surface area contributed by atoms with Crippen molar-refractivity contribution in [3.63, 3.8) is 0 Å². The van der Waals surface area contributed by atoms with Crippen molar-refractivity contribution in [3.8, 4) is 0 Å². The molecule has 2 rings (SSSR count). The van der Waals surface area contributed by atoms with E-state index in [1.165, 1.54) is 38.1 Å². The standard InChI is InChI=1S/C17H22F3N3O4S/c1-11(16(25)23-9-3-4-13(10-23)17(18,19)20)22-28(26,27)15-7-5-14(6-8-15)21-12(2)24/h5-8,11,13,22H,3-4,9-10H2,1-2H3,(H,21,24). The number of anilines is 1. The van der Waals surface area contributed by atoms with Crippen LogP contribution >= 0.6 is 0 Å². The normalized spacial score (nSPS) is 19.2. The van der Waals surface area contributed by atoms with E-state index in [-0.39, 0.29) is 30.2 Å². The van der Waals surface area contributed by atoms with Crippen LogP contribution in [-0.4, -0.2) is 50.4 Å². The van der Waals surface area contributed by atoms with Gasteiger partial charge in [-0.1, -0.05) is 0 Å². The molecule has 0 bridgehead atoms. The number of carbonyl (C=O) groups excluding carboxylic acids is 2. The summed E-state index contributed by atoms with van der Waals surface area (Å²) >= 11 is 0. The highest BCUT2D eigenvalue weighted by Crippen LogP contribution is 2.33. The summed E-state index contributed by atoms with van der Waals surface area (Å²) in [6.07, 6.45) is -4.23. The van der Waals surface area contributed by atoms with Gasteiger partial charge < -0.3 is 10.2 Å². The molecular formula is C17H22F3N3O4S. The number of hydrogen-bond donors (Lipinski definition) is 2. The van der Waals surface area contributed by atoms with Gasteiger partial charge in [0.25, 0.3) is 0 Å². The molecule has 0 saturated carbocycles. The third-order valence-electron chi connectivity index (χ3n) is 4.38. The van der Waals surface area contributed by atoms with Gasteiger partial charge in [0.2, 0.25) is 21.8 Å². The Balaban J connectivity index is 2.04. The van der Waals surface area contributed by atoms with Crippen molar-refractivity contribution in [2.24, 2.45) is 5.92 Å². The Morgan fingerprint density at radius 1 is 1.21 bits per heavy atom. The molecule has 1 fully saturated rings. The molecule has 28 heavy (non-hydrogen) atoms. The van der Waals surface area contributed by atoms with Crippen LogP contribution < -0.4 is 10.0 Å². The molecule has 2 unspecified atom stereocenters. The summed E-state index contributed by atoms with van der Waals surface area (Å²) in [4.78, 5) is 24.4. The molecule has 0 radical (unpaired) electrons. The molecule has 156 valence electrons. The number of piperidine rings is 1. The number of nitrogens with one attached hydrogen (secondary N) is 2. The van der Waals surface area contributed by atoms with E-state index < -0.39 is 40.6 Å². The minimum absolute atomic E-state index is 0.0476. The molecule has 1 aliphatic rings. The smallest absolute Gasteiger partial charge is 0.341 e. The first-order valence-corrected chi connectivity index (χ1v) is 10.1. The van der Waals surface area contributed by atoms with Gasteiger partial charge in [0, 0.05) is 25.7 Å². The van der Waals surface area contributed by atoms with Gasteiger partial charge in [-0.2, -0.15) is 17.9 Å². The third kappa shape index (κ3) is 5.68. The number of hydrogen-bond acceptors (Lipinski definition) is 4. The number of alkyl halides is 3. The van der Waals surface area contributed by atoms with Gasteiger partial charge in [0.1, 0.15) is 0 Å². The summed E-state index contributed by atoms with van der Waals surface area (Å²) in [5, 5.41) is 2.49. The summed E-state index contributed by atoms with van der Waals surface area (Å²) < 4.78 is 65.8. The van der Waals surface area contributed by atoms with Gasteiger partial charge in [0.05, 0.1) is 16.9 Å². The average Bonchev–Trinajstić information content (AvgIpc) is 2.60. The zero-order valence-electron chi connectivity index (χ0n) is 15.4. The second-order valence-electron chi connectivity index (χ2n) is 6.71. The van der Waals surface area contributed by atoms with Crippen LogP contribution in [0.5, 0.6) is 0 Å². The van der Waals surface area contributed by atoms with E-state index in [9.17, 15) is 31.2 Å². The van der Waals surface area contributed by atoms with Crippen LogP contribution in [0.1, 0.15) is 26.7 Å². The van der Waals surface area contributed by atoms with Crippen molar-refractivity contribution in [1.82, 2.24) is 9.62 Å². The second-order valence-corrected chi connectivity index (χ2v) is 8.43. The molecule has 7 nitrogen and oxygen atoms in total. The lowest BCUT2D eigenvalue weighted by Gasteiger charge is -2.35. The maximum absolute atomic E-state index is 12.9. The molecular weight excluding hydrogens is 399 g/mol. The molecule has 2 amide bonds. The number of amides is 2. The zero-order chi connectivity index (χ0) is 21.1. The van der Waals surface area contributed by atoms with E-state index in [2.05, 4.69) is 10.0 Å². The molecule has 0 spiro atoms. The molecule has 0 aromatic heterocycles. The Labute approximate surface area is 161 Å². The summed E-state index contributed by atoms with van der Waals surface area (Å²) in [6.45, 7) is 2.29. The van der Waals surface area contributed by atoms with Crippen LogP contribution in [-0.2, 0) is 19.6 Å². The highest BCUT2D eigenvalue weighted by molar-refractivity contribution is 7.89. The maximum Gasteiger partial charge on any atom is 0.393 e. The van der Waals surface area contributed by atoms with Gasteiger partial charge >= 0.3 is 6.18 Å². The Kier molecular flexibility index (Phi) is 6.71. The minimum atomic E-state index is -4.39. The highest BCUT2D eigenvalue weighted by atomic mass is 32.2. The van der Waals surface area contributed by atoms with Crippen molar-refractivity contribution in [3.05, 3.63) is 24.3 Å².